The number of nitrogens with one attached hydrogen (secondary N) is 2. The first-order valence-corrected chi connectivity index (χ1v) is 14.4. The molecule has 4 rings (SSSR count). The van der Waals surface area contributed by atoms with Crippen molar-refractivity contribution >= 4 is 28.9 Å². The van der Waals surface area contributed by atoms with Crippen molar-refractivity contribution < 1.29 is 19.1 Å². The molecule has 41 heavy (non-hydrogen) atoms. The topological polar surface area (TPSA) is 83.1 Å². The number of hydrogen-bond donors (Lipinski definition) is 2. The molecule has 0 aromatic heterocycles. The molecule has 3 aromatic carbocycles. The highest BCUT2D eigenvalue weighted by atomic mass is 16.5. The van der Waals surface area contributed by atoms with E-state index in [0.29, 0.717) is 60.2 Å². The monoisotopic (exact) mass is 558 g/mol. The van der Waals surface area contributed by atoms with Crippen molar-refractivity contribution in [3.8, 4) is 5.75 Å². The molecule has 1 heterocycles. The van der Waals surface area contributed by atoms with Crippen LogP contribution in [0, 0.1) is 6.92 Å². The van der Waals surface area contributed by atoms with Crippen LogP contribution in [0.4, 0.5) is 17.1 Å². The molecule has 1 aliphatic heterocycles. The number of carbonyl (C=O) groups is 2. The van der Waals surface area contributed by atoms with Gasteiger partial charge in [0.25, 0.3) is 11.8 Å². The molecular weight excluding hydrogens is 516 g/mol. The van der Waals surface area contributed by atoms with Gasteiger partial charge >= 0.3 is 0 Å². The van der Waals surface area contributed by atoms with Gasteiger partial charge in [0, 0.05) is 54.3 Å². The van der Waals surface area contributed by atoms with Gasteiger partial charge in [-0.25, -0.2) is 0 Å². The third kappa shape index (κ3) is 8.08. The van der Waals surface area contributed by atoms with Gasteiger partial charge in [-0.05, 0) is 82.6 Å². The summed E-state index contributed by atoms with van der Waals surface area (Å²) in [6, 6.07) is 21.2. The van der Waals surface area contributed by atoms with E-state index in [1.54, 1.807) is 18.2 Å². The number of nitrogens with zero attached hydrogens (tertiary/aromatic N) is 2. The van der Waals surface area contributed by atoms with Crippen LogP contribution in [0.15, 0.2) is 66.7 Å². The Hall–Kier alpha value is -3.88. The molecule has 218 valence electrons. The molecule has 1 fully saturated rings. The highest BCUT2D eigenvalue weighted by Gasteiger charge is 2.18. The average Bonchev–Trinajstić information content (AvgIpc) is 2.96. The van der Waals surface area contributed by atoms with Crippen molar-refractivity contribution in [2.24, 2.45) is 0 Å². The predicted octanol–water partition coefficient (Wildman–Crippen LogP) is 5.83. The minimum absolute atomic E-state index is 0.247. The Balaban J connectivity index is 1.43. The average molecular weight is 559 g/mol. The fourth-order valence-corrected chi connectivity index (χ4v) is 5.05. The molecule has 2 N–H and O–H groups in total. The van der Waals surface area contributed by atoms with Crippen LogP contribution in [0.2, 0.25) is 0 Å². The van der Waals surface area contributed by atoms with Gasteiger partial charge < -0.3 is 25.0 Å². The number of rotatable bonds is 11. The van der Waals surface area contributed by atoms with Crippen molar-refractivity contribution in [1.82, 2.24) is 4.90 Å². The lowest BCUT2D eigenvalue weighted by Crippen LogP contribution is -2.39. The maximum atomic E-state index is 13.3. The van der Waals surface area contributed by atoms with Gasteiger partial charge in [-0.15, -0.1) is 0 Å². The normalized spacial score (nSPS) is 13.5. The van der Waals surface area contributed by atoms with E-state index in [1.165, 1.54) is 0 Å². The molecule has 0 unspecified atom stereocenters. The summed E-state index contributed by atoms with van der Waals surface area (Å²) in [5, 5.41) is 5.98. The molecular formula is C33H42N4O4. The molecule has 2 amide bonds. The summed E-state index contributed by atoms with van der Waals surface area (Å²) in [4.78, 5) is 31.1. The third-order valence-corrected chi connectivity index (χ3v) is 7.29. The highest BCUT2D eigenvalue weighted by Crippen LogP contribution is 2.24. The van der Waals surface area contributed by atoms with Crippen molar-refractivity contribution in [3.05, 3.63) is 83.4 Å². The largest absolute Gasteiger partial charge is 0.491 e. The molecule has 1 saturated heterocycles. The summed E-state index contributed by atoms with van der Waals surface area (Å²) >= 11 is 0. The Bertz CT molecular complexity index is 1330. The lowest BCUT2D eigenvalue weighted by Gasteiger charge is -2.30. The van der Waals surface area contributed by atoms with E-state index in [1.807, 2.05) is 55.5 Å². The number of carbonyl (C=O) groups excluding carboxylic acids is 2. The van der Waals surface area contributed by atoms with E-state index in [9.17, 15) is 9.59 Å². The predicted molar refractivity (Wildman–Crippen MR) is 165 cm³/mol. The van der Waals surface area contributed by atoms with Gasteiger partial charge in [0.1, 0.15) is 12.4 Å². The Labute approximate surface area is 243 Å². The molecule has 0 atom stereocenters. The first-order chi connectivity index (χ1) is 19.7. The molecule has 3 aromatic rings. The first-order valence-electron chi connectivity index (χ1n) is 14.4. The van der Waals surface area contributed by atoms with Crippen LogP contribution >= 0.6 is 0 Å². The third-order valence-electron chi connectivity index (χ3n) is 7.29. The molecule has 8 nitrogen and oxygen atoms in total. The zero-order valence-corrected chi connectivity index (χ0v) is 24.8. The minimum atomic E-state index is -0.288. The van der Waals surface area contributed by atoms with Gasteiger partial charge in [-0.2, -0.15) is 0 Å². The number of morpholine rings is 1. The van der Waals surface area contributed by atoms with Crippen LogP contribution in [0.1, 0.15) is 54.0 Å². The molecule has 0 saturated carbocycles. The number of ether oxygens (including phenoxy) is 2. The molecule has 1 aliphatic rings. The number of para-hydroxylation sites is 1. The number of aryl methyl sites for hydroxylation is 1. The summed E-state index contributed by atoms with van der Waals surface area (Å²) in [7, 11) is 0. The van der Waals surface area contributed by atoms with E-state index in [-0.39, 0.29) is 11.8 Å². The smallest absolute Gasteiger partial charge is 0.259 e. The summed E-state index contributed by atoms with van der Waals surface area (Å²) in [6.07, 6.45) is 0. The van der Waals surface area contributed by atoms with Crippen LogP contribution in [0.5, 0.6) is 5.75 Å². The van der Waals surface area contributed by atoms with Crippen molar-refractivity contribution in [2.75, 3.05) is 55.0 Å². The Morgan fingerprint density at radius 2 is 1.63 bits per heavy atom. The van der Waals surface area contributed by atoms with E-state index in [4.69, 9.17) is 9.47 Å². The van der Waals surface area contributed by atoms with Gasteiger partial charge in [-0.3, -0.25) is 14.5 Å². The standard InChI is InChI=1S/C33H42N4O4/c1-23(2)37(24(3)4)17-20-41-31-12-7-6-11-29(31)33(39)35-30-21-26(14-13-25(30)5)32(38)34-27-9-8-10-28(22-27)36-15-18-40-19-16-36/h6-14,21-24H,15-20H2,1-5H3,(H,34,38)(H,35,39). The van der Waals surface area contributed by atoms with E-state index >= 15 is 0 Å². The summed E-state index contributed by atoms with van der Waals surface area (Å²) in [5.41, 5.74) is 4.09. The lowest BCUT2D eigenvalue weighted by atomic mass is 10.1. The fraction of sp³-hybridized carbons (Fsp3) is 0.394. The van der Waals surface area contributed by atoms with Gasteiger partial charge in [0.15, 0.2) is 0 Å². The molecule has 8 heteroatoms. The van der Waals surface area contributed by atoms with Crippen molar-refractivity contribution in [1.29, 1.82) is 0 Å². The zero-order chi connectivity index (χ0) is 29.4. The van der Waals surface area contributed by atoms with Crippen molar-refractivity contribution in [3.63, 3.8) is 0 Å². The Kier molecular flexibility index (Phi) is 10.4. The second-order valence-corrected chi connectivity index (χ2v) is 10.9. The number of anilines is 3. The molecule has 0 aliphatic carbocycles. The Morgan fingerprint density at radius 3 is 2.37 bits per heavy atom. The Morgan fingerprint density at radius 1 is 0.902 bits per heavy atom. The van der Waals surface area contributed by atoms with Crippen LogP contribution in [0.3, 0.4) is 0 Å². The fourth-order valence-electron chi connectivity index (χ4n) is 5.05. The lowest BCUT2D eigenvalue weighted by molar-refractivity contribution is 0.101. The molecule has 0 spiro atoms. The highest BCUT2D eigenvalue weighted by molar-refractivity contribution is 6.08. The number of hydrogen-bond acceptors (Lipinski definition) is 6. The van der Waals surface area contributed by atoms with Crippen LogP contribution in [-0.4, -0.2) is 68.3 Å². The molecule has 0 bridgehead atoms. The minimum Gasteiger partial charge on any atom is -0.491 e. The van der Waals surface area contributed by atoms with E-state index in [0.717, 1.165) is 30.9 Å². The number of amides is 2. The molecule has 0 radical (unpaired) electrons. The quantitative estimate of drug-likeness (QED) is 0.308. The van der Waals surface area contributed by atoms with Gasteiger partial charge in [0.05, 0.1) is 18.8 Å². The maximum absolute atomic E-state index is 13.3. The van der Waals surface area contributed by atoms with Crippen LogP contribution in [0.25, 0.3) is 0 Å². The van der Waals surface area contributed by atoms with E-state index in [2.05, 4.69) is 48.1 Å². The second kappa shape index (κ2) is 14.1. The van der Waals surface area contributed by atoms with Crippen LogP contribution < -0.4 is 20.3 Å². The summed E-state index contributed by atoms with van der Waals surface area (Å²) in [6.45, 7) is 14.8. The first kappa shape index (κ1) is 30.1. The maximum Gasteiger partial charge on any atom is 0.259 e. The van der Waals surface area contributed by atoms with Crippen molar-refractivity contribution in [2.45, 2.75) is 46.7 Å². The second-order valence-electron chi connectivity index (χ2n) is 10.9. The number of benzene rings is 3. The van der Waals surface area contributed by atoms with Gasteiger partial charge in [-0.1, -0.05) is 24.3 Å². The summed E-state index contributed by atoms with van der Waals surface area (Å²) in [5.74, 6) is -0.00331. The van der Waals surface area contributed by atoms with Crippen LogP contribution in [-0.2, 0) is 4.74 Å². The van der Waals surface area contributed by atoms with Gasteiger partial charge in [0.2, 0.25) is 0 Å². The SMILES string of the molecule is Cc1ccc(C(=O)Nc2cccc(N3CCOCC3)c2)cc1NC(=O)c1ccccc1OCCN(C(C)C)C(C)C. The zero-order valence-electron chi connectivity index (χ0n) is 24.8. The van der Waals surface area contributed by atoms with E-state index < -0.39 is 0 Å². The summed E-state index contributed by atoms with van der Waals surface area (Å²) < 4.78 is 11.5.